The number of hydrogen-bond donors (Lipinski definition) is 1. The minimum Gasteiger partial charge on any atom is -0.358 e. The molecule has 0 aliphatic carbocycles. The van der Waals surface area contributed by atoms with E-state index in [2.05, 4.69) is 4.98 Å². The van der Waals surface area contributed by atoms with Gasteiger partial charge in [0.25, 0.3) is 0 Å². The van der Waals surface area contributed by atoms with Crippen LogP contribution < -0.4 is 0 Å². The molecule has 1 aromatic carbocycles. The predicted molar refractivity (Wildman–Crippen MR) is 38.1 cm³/mol. The van der Waals surface area contributed by atoms with Crippen LogP contribution in [-0.4, -0.2) is 4.98 Å². The maximum atomic E-state index is 12.9. The molecule has 5 heteroatoms. The Balaban J connectivity index is 2.97. The molecular weight excluding hydrogens is 186 g/mol. The molecule has 0 aliphatic heterocycles. The lowest BCUT2D eigenvalue weighted by molar-refractivity contribution is 0.451. The molecule has 1 nitrogen and oxygen atoms in total. The number of aromatic amines is 1. The first-order valence-electron chi connectivity index (χ1n) is 3.41. The molecule has 0 amide bonds. The second-order valence-corrected chi connectivity index (χ2v) is 2.55. The van der Waals surface area contributed by atoms with Gasteiger partial charge in [-0.15, -0.1) is 0 Å². The van der Waals surface area contributed by atoms with Crippen molar-refractivity contribution in [2.75, 3.05) is 0 Å². The van der Waals surface area contributed by atoms with Gasteiger partial charge in [-0.3, -0.25) is 0 Å². The van der Waals surface area contributed by atoms with Crippen LogP contribution in [0.1, 0.15) is 0 Å². The van der Waals surface area contributed by atoms with Crippen molar-refractivity contribution in [1.82, 2.24) is 4.98 Å². The van der Waals surface area contributed by atoms with Gasteiger partial charge in [-0.2, -0.15) is 0 Å². The molecule has 1 heterocycles. The molecular formula is C8H3F4N. The van der Waals surface area contributed by atoms with E-state index in [9.17, 15) is 17.6 Å². The van der Waals surface area contributed by atoms with E-state index in [0.717, 1.165) is 6.20 Å². The summed E-state index contributed by atoms with van der Waals surface area (Å²) in [6, 6.07) is 0.705. The molecule has 13 heavy (non-hydrogen) atoms. The van der Waals surface area contributed by atoms with Gasteiger partial charge in [0.05, 0.1) is 10.9 Å². The van der Waals surface area contributed by atoms with Crippen LogP contribution in [0.3, 0.4) is 0 Å². The molecule has 1 N–H and O–H groups in total. The zero-order chi connectivity index (χ0) is 9.59. The first-order chi connectivity index (χ1) is 6.11. The molecule has 68 valence electrons. The van der Waals surface area contributed by atoms with Crippen LogP contribution in [0.4, 0.5) is 17.6 Å². The summed E-state index contributed by atoms with van der Waals surface area (Å²) >= 11 is 0. The van der Waals surface area contributed by atoms with Crippen LogP contribution in [0.2, 0.25) is 0 Å². The van der Waals surface area contributed by atoms with E-state index >= 15 is 0 Å². The molecule has 0 radical (unpaired) electrons. The number of aromatic nitrogens is 1. The van der Waals surface area contributed by atoms with Gasteiger partial charge >= 0.3 is 0 Å². The van der Waals surface area contributed by atoms with Gasteiger partial charge in [0.2, 0.25) is 0 Å². The Bertz CT molecular complexity index is 474. The smallest absolute Gasteiger partial charge is 0.195 e. The number of fused-ring (bicyclic) bond motifs is 1. The third kappa shape index (κ3) is 0.998. The summed E-state index contributed by atoms with van der Waals surface area (Å²) in [5, 5.41) is -0.557. The molecule has 2 aromatic rings. The fraction of sp³-hybridized carbons (Fsp3) is 0. The van der Waals surface area contributed by atoms with Crippen LogP contribution in [-0.2, 0) is 0 Å². The molecule has 0 bridgehead atoms. The SMILES string of the molecule is Fc1cc2[nH]cc(F)c2c(F)c1F. The van der Waals surface area contributed by atoms with E-state index in [4.69, 9.17) is 0 Å². The van der Waals surface area contributed by atoms with E-state index in [1.807, 2.05) is 0 Å². The Morgan fingerprint density at radius 1 is 0.923 bits per heavy atom. The average molecular weight is 189 g/mol. The van der Waals surface area contributed by atoms with Crippen LogP contribution in [0.25, 0.3) is 10.9 Å². The van der Waals surface area contributed by atoms with Crippen molar-refractivity contribution in [3.63, 3.8) is 0 Å². The summed E-state index contributed by atoms with van der Waals surface area (Å²) < 4.78 is 50.8. The standard InChI is InChI=1S/C8H3F4N/c9-3-1-5-6(4(10)2-13-5)8(12)7(3)11/h1-2,13H. The van der Waals surface area contributed by atoms with Crippen molar-refractivity contribution in [2.24, 2.45) is 0 Å². The zero-order valence-electron chi connectivity index (χ0n) is 6.17. The summed E-state index contributed by atoms with van der Waals surface area (Å²) in [4.78, 5) is 2.28. The Kier molecular flexibility index (Phi) is 1.55. The summed E-state index contributed by atoms with van der Waals surface area (Å²) in [5.41, 5.74) is -0.103. The number of rotatable bonds is 0. The summed E-state index contributed by atoms with van der Waals surface area (Å²) in [7, 11) is 0. The summed E-state index contributed by atoms with van der Waals surface area (Å²) in [5.74, 6) is -5.45. The third-order valence-electron chi connectivity index (χ3n) is 1.76. The maximum absolute atomic E-state index is 12.9. The zero-order valence-corrected chi connectivity index (χ0v) is 6.17. The highest BCUT2D eigenvalue weighted by molar-refractivity contribution is 5.80. The van der Waals surface area contributed by atoms with Gasteiger partial charge in [0.1, 0.15) is 0 Å². The lowest BCUT2D eigenvalue weighted by atomic mass is 10.2. The fourth-order valence-corrected chi connectivity index (χ4v) is 1.16. The Morgan fingerprint density at radius 2 is 1.62 bits per heavy atom. The number of hydrogen-bond acceptors (Lipinski definition) is 0. The van der Waals surface area contributed by atoms with E-state index in [0.29, 0.717) is 6.07 Å². The molecule has 2 rings (SSSR count). The molecule has 0 unspecified atom stereocenters. The summed E-state index contributed by atoms with van der Waals surface area (Å²) in [6.45, 7) is 0. The monoisotopic (exact) mass is 189 g/mol. The molecule has 0 aliphatic rings. The molecule has 1 aromatic heterocycles. The number of benzene rings is 1. The highest BCUT2D eigenvalue weighted by Crippen LogP contribution is 2.24. The quantitative estimate of drug-likeness (QED) is 0.484. The van der Waals surface area contributed by atoms with Crippen LogP contribution in [0.15, 0.2) is 12.3 Å². The van der Waals surface area contributed by atoms with Crippen molar-refractivity contribution >= 4 is 10.9 Å². The van der Waals surface area contributed by atoms with Gasteiger partial charge in [-0.25, -0.2) is 17.6 Å². The van der Waals surface area contributed by atoms with Crippen molar-refractivity contribution in [2.45, 2.75) is 0 Å². The van der Waals surface area contributed by atoms with Gasteiger partial charge < -0.3 is 4.98 Å². The number of nitrogens with one attached hydrogen (secondary N) is 1. The fourth-order valence-electron chi connectivity index (χ4n) is 1.16. The highest BCUT2D eigenvalue weighted by atomic mass is 19.2. The number of halogens is 4. The van der Waals surface area contributed by atoms with Gasteiger partial charge in [0, 0.05) is 12.3 Å². The molecule has 0 atom stereocenters. The van der Waals surface area contributed by atoms with Gasteiger partial charge in [-0.1, -0.05) is 0 Å². The third-order valence-corrected chi connectivity index (χ3v) is 1.76. The highest BCUT2D eigenvalue weighted by Gasteiger charge is 2.17. The second kappa shape index (κ2) is 2.48. The van der Waals surface area contributed by atoms with Crippen molar-refractivity contribution < 1.29 is 17.6 Å². The van der Waals surface area contributed by atoms with E-state index in [1.165, 1.54) is 0 Å². The average Bonchev–Trinajstić information content (AvgIpc) is 2.43. The molecule has 0 fully saturated rings. The van der Waals surface area contributed by atoms with E-state index < -0.39 is 28.7 Å². The van der Waals surface area contributed by atoms with Crippen molar-refractivity contribution in [3.8, 4) is 0 Å². The maximum Gasteiger partial charge on any atom is 0.195 e. The van der Waals surface area contributed by atoms with Crippen LogP contribution >= 0.6 is 0 Å². The minimum atomic E-state index is -1.66. The van der Waals surface area contributed by atoms with Crippen molar-refractivity contribution in [1.29, 1.82) is 0 Å². The Labute approximate surface area is 70.0 Å². The Hall–Kier alpha value is -1.52. The van der Waals surface area contributed by atoms with Crippen LogP contribution in [0, 0.1) is 23.3 Å². The summed E-state index contributed by atoms with van der Waals surface area (Å²) in [6.07, 6.45) is 0.840. The first kappa shape index (κ1) is 8.10. The van der Waals surface area contributed by atoms with Gasteiger partial charge in [0.15, 0.2) is 23.3 Å². The number of H-pyrrole nitrogens is 1. The van der Waals surface area contributed by atoms with E-state index in [-0.39, 0.29) is 5.52 Å². The second-order valence-electron chi connectivity index (χ2n) is 2.55. The van der Waals surface area contributed by atoms with Gasteiger partial charge in [-0.05, 0) is 0 Å². The predicted octanol–water partition coefficient (Wildman–Crippen LogP) is 2.72. The molecule has 0 saturated heterocycles. The first-order valence-corrected chi connectivity index (χ1v) is 3.41. The lowest BCUT2D eigenvalue weighted by Crippen LogP contribution is -1.91. The largest absolute Gasteiger partial charge is 0.358 e. The lowest BCUT2D eigenvalue weighted by Gasteiger charge is -1.96. The molecule has 0 saturated carbocycles. The molecule has 0 spiro atoms. The van der Waals surface area contributed by atoms with E-state index in [1.54, 1.807) is 0 Å². The topological polar surface area (TPSA) is 15.8 Å². The Morgan fingerprint density at radius 3 is 2.31 bits per heavy atom. The van der Waals surface area contributed by atoms with Crippen LogP contribution in [0.5, 0.6) is 0 Å². The minimum absolute atomic E-state index is 0.103. The normalized spacial score (nSPS) is 11.1. The van der Waals surface area contributed by atoms with Crippen molar-refractivity contribution in [3.05, 3.63) is 35.5 Å².